The van der Waals surface area contributed by atoms with Crippen LogP contribution in [-0.2, 0) is 0 Å². The first-order valence-electron chi connectivity index (χ1n) is 5.05. The van der Waals surface area contributed by atoms with Crippen LogP contribution in [0.4, 0.5) is 5.69 Å². The average Bonchev–Trinajstić information content (AvgIpc) is 2.28. The summed E-state index contributed by atoms with van der Waals surface area (Å²) in [6.45, 7) is 3.26. The van der Waals surface area contributed by atoms with E-state index in [0.29, 0.717) is 0 Å². The van der Waals surface area contributed by atoms with Crippen molar-refractivity contribution in [3.63, 3.8) is 0 Å². The van der Waals surface area contributed by atoms with E-state index in [9.17, 15) is 20.0 Å². The summed E-state index contributed by atoms with van der Waals surface area (Å²) in [4.78, 5) is 24.6. The van der Waals surface area contributed by atoms with Crippen molar-refractivity contribution in [2.45, 2.75) is 30.2 Å². The Kier molecular flexibility index (Phi) is 4.62. The number of thioether (sulfide) groups is 1. The van der Waals surface area contributed by atoms with Crippen LogP contribution in [-0.4, -0.2) is 37.4 Å². The number of nitro groups is 1. The number of carbonyl (C=O) groups is 1. The minimum absolute atomic E-state index is 0.0957. The maximum Gasteiger partial charge on any atom is 0.337 e. The van der Waals surface area contributed by atoms with Crippen LogP contribution < -0.4 is 0 Å². The van der Waals surface area contributed by atoms with Crippen molar-refractivity contribution >= 4 is 23.4 Å². The Bertz CT molecular complexity index is 477. The number of carboxylic acid groups (broad SMARTS) is 1. The van der Waals surface area contributed by atoms with Crippen molar-refractivity contribution in [3.8, 4) is 0 Å². The highest BCUT2D eigenvalue weighted by molar-refractivity contribution is 8.00. The first-order chi connectivity index (χ1) is 8.32. The van der Waals surface area contributed by atoms with Crippen LogP contribution in [0.15, 0.2) is 17.3 Å². The molecule has 18 heavy (non-hydrogen) atoms. The minimum atomic E-state index is -1.27. The number of nitrogens with zero attached hydrogens (tertiary/aromatic N) is 2. The van der Waals surface area contributed by atoms with E-state index in [2.05, 4.69) is 4.98 Å². The standard InChI is InChI=1S/C10H12N2O5S/c1-5(13)6(2)18-9-8(12(16)17)3-7(4-11-9)10(14)15/h3-6,13H,1-2H3,(H,14,15). The maximum absolute atomic E-state index is 10.8. The maximum atomic E-state index is 10.8. The van der Waals surface area contributed by atoms with E-state index in [1.54, 1.807) is 13.8 Å². The lowest BCUT2D eigenvalue weighted by Gasteiger charge is -2.13. The molecule has 1 heterocycles. The number of pyridine rings is 1. The van der Waals surface area contributed by atoms with Gasteiger partial charge in [-0.3, -0.25) is 10.1 Å². The molecule has 0 bridgehead atoms. The van der Waals surface area contributed by atoms with E-state index < -0.39 is 17.0 Å². The van der Waals surface area contributed by atoms with Gasteiger partial charge in [0.1, 0.15) is 0 Å². The van der Waals surface area contributed by atoms with Crippen LogP contribution >= 0.6 is 11.8 Å². The van der Waals surface area contributed by atoms with Crippen LogP contribution in [0.5, 0.6) is 0 Å². The summed E-state index contributed by atoms with van der Waals surface area (Å²) in [5, 5.41) is 28.7. The zero-order chi connectivity index (χ0) is 13.9. The summed E-state index contributed by atoms with van der Waals surface area (Å²) in [6, 6.07) is 0.965. The second-order valence-corrected chi connectivity index (χ2v) is 5.04. The molecule has 0 fully saturated rings. The Hall–Kier alpha value is -1.67. The fourth-order valence-corrected chi connectivity index (χ4v) is 1.97. The van der Waals surface area contributed by atoms with E-state index in [1.165, 1.54) is 0 Å². The fourth-order valence-electron chi connectivity index (χ4n) is 1.05. The molecule has 0 saturated heterocycles. The van der Waals surface area contributed by atoms with Crippen LogP contribution in [0, 0.1) is 10.1 Å². The molecule has 98 valence electrons. The molecule has 2 N–H and O–H groups in total. The molecule has 0 aliphatic heterocycles. The lowest BCUT2D eigenvalue weighted by Crippen LogP contribution is -2.15. The highest BCUT2D eigenvalue weighted by Crippen LogP contribution is 2.31. The van der Waals surface area contributed by atoms with E-state index in [-0.39, 0.29) is 21.5 Å². The van der Waals surface area contributed by atoms with Gasteiger partial charge in [0.2, 0.25) is 0 Å². The van der Waals surface area contributed by atoms with Crippen LogP contribution in [0.25, 0.3) is 0 Å². The first kappa shape index (κ1) is 14.4. The second-order valence-electron chi connectivity index (χ2n) is 3.67. The van der Waals surface area contributed by atoms with E-state index in [1.807, 2.05) is 0 Å². The number of aromatic nitrogens is 1. The molecule has 8 heteroatoms. The second kappa shape index (κ2) is 5.78. The molecule has 1 rings (SSSR count). The highest BCUT2D eigenvalue weighted by atomic mass is 32.2. The quantitative estimate of drug-likeness (QED) is 0.474. The van der Waals surface area contributed by atoms with Crippen molar-refractivity contribution in [2.75, 3.05) is 0 Å². The third-order valence-corrected chi connectivity index (χ3v) is 3.56. The summed E-state index contributed by atoms with van der Waals surface area (Å²) in [5.41, 5.74) is -0.608. The first-order valence-corrected chi connectivity index (χ1v) is 5.93. The number of aromatic carboxylic acids is 1. The van der Waals surface area contributed by atoms with Gasteiger partial charge in [-0.05, 0) is 6.92 Å². The number of hydrogen-bond donors (Lipinski definition) is 2. The molecule has 0 radical (unpaired) electrons. The van der Waals surface area contributed by atoms with Gasteiger partial charge in [0.05, 0.1) is 16.6 Å². The van der Waals surface area contributed by atoms with Gasteiger partial charge in [0.15, 0.2) is 5.03 Å². The summed E-state index contributed by atoms with van der Waals surface area (Å²) in [7, 11) is 0. The van der Waals surface area contributed by atoms with Crippen molar-refractivity contribution in [1.29, 1.82) is 0 Å². The minimum Gasteiger partial charge on any atom is -0.478 e. The van der Waals surface area contributed by atoms with Gasteiger partial charge in [-0.25, -0.2) is 9.78 Å². The number of rotatable bonds is 5. The van der Waals surface area contributed by atoms with Crippen molar-refractivity contribution in [1.82, 2.24) is 4.98 Å². The number of hydrogen-bond acceptors (Lipinski definition) is 6. The average molecular weight is 272 g/mol. The van der Waals surface area contributed by atoms with Gasteiger partial charge in [-0.2, -0.15) is 0 Å². The fraction of sp³-hybridized carbons (Fsp3) is 0.400. The molecular formula is C10H12N2O5S. The topological polar surface area (TPSA) is 114 Å². The zero-order valence-corrected chi connectivity index (χ0v) is 10.5. The van der Waals surface area contributed by atoms with E-state index in [4.69, 9.17) is 5.11 Å². The zero-order valence-electron chi connectivity index (χ0n) is 9.73. The summed E-state index contributed by atoms with van der Waals surface area (Å²) >= 11 is 1.03. The Morgan fingerprint density at radius 3 is 2.61 bits per heavy atom. The Morgan fingerprint density at radius 2 is 2.17 bits per heavy atom. The van der Waals surface area contributed by atoms with E-state index in [0.717, 1.165) is 24.0 Å². The molecule has 2 unspecified atom stereocenters. The molecule has 0 spiro atoms. The summed E-state index contributed by atoms with van der Waals surface area (Å²) in [6.07, 6.45) is 0.405. The molecule has 0 aliphatic rings. The molecule has 1 aromatic rings. The van der Waals surface area contributed by atoms with Gasteiger partial charge in [0, 0.05) is 17.5 Å². The third kappa shape index (κ3) is 3.41. The Balaban J connectivity index is 3.12. The molecule has 0 aliphatic carbocycles. The van der Waals surface area contributed by atoms with Gasteiger partial charge in [-0.1, -0.05) is 18.7 Å². The van der Waals surface area contributed by atoms with Crippen LogP contribution in [0.2, 0.25) is 0 Å². The number of carboxylic acids is 1. The predicted octanol–water partition coefficient (Wildman–Crippen LogP) is 1.55. The monoisotopic (exact) mass is 272 g/mol. The van der Waals surface area contributed by atoms with E-state index >= 15 is 0 Å². The number of aliphatic hydroxyl groups is 1. The lowest BCUT2D eigenvalue weighted by molar-refractivity contribution is -0.388. The van der Waals surface area contributed by atoms with Crippen molar-refractivity contribution < 1.29 is 19.9 Å². The van der Waals surface area contributed by atoms with Crippen molar-refractivity contribution in [3.05, 3.63) is 27.9 Å². The smallest absolute Gasteiger partial charge is 0.337 e. The molecule has 0 aromatic carbocycles. The molecular weight excluding hydrogens is 260 g/mol. The predicted molar refractivity (Wildman–Crippen MR) is 64.9 cm³/mol. The Morgan fingerprint density at radius 1 is 1.56 bits per heavy atom. The summed E-state index contributed by atoms with van der Waals surface area (Å²) in [5.74, 6) is -1.27. The Labute approximate surface area is 107 Å². The van der Waals surface area contributed by atoms with Gasteiger partial charge in [-0.15, -0.1) is 0 Å². The van der Waals surface area contributed by atoms with Crippen molar-refractivity contribution in [2.24, 2.45) is 0 Å². The largest absolute Gasteiger partial charge is 0.478 e. The molecule has 2 atom stereocenters. The SMILES string of the molecule is CC(O)C(C)Sc1ncc(C(=O)O)cc1[N+](=O)[O-]. The van der Waals surface area contributed by atoms with Gasteiger partial charge >= 0.3 is 11.7 Å². The normalized spacial score (nSPS) is 13.9. The highest BCUT2D eigenvalue weighted by Gasteiger charge is 2.22. The molecule has 7 nitrogen and oxygen atoms in total. The molecule has 0 saturated carbocycles. The van der Waals surface area contributed by atoms with Crippen LogP contribution in [0.3, 0.4) is 0 Å². The summed E-state index contributed by atoms with van der Waals surface area (Å²) < 4.78 is 0. The van der Waals surface area contributed by atoms with Gasteiger partial charge in [0.25, 0.3) is 0 Å². The lowest BCUT2D eigenvalue weighted by atomic mass is 10.3. The molecule has 0 amide bonds. The van der Waals surface area contributed by atoms with Gasteiger partial charge < -0.3 is 10.2 Å². The van der Waals surface area contributed by atoms with Crippen LogP contribution in [0.1, 0.15) is 24.2 Å². The number of aliphatic hydroxyl groups excluding tert-OH is 1. The molecule has 1 aromatic heterocycles. The third-order valence-electron chi connectivity index (χ3n) is 2.25.